The van der Waals surface area contributed by atoms with E-state index >= 15 is 0 Å². The van der Waals surface area contributed by atoms with E-state index in [0.717, 1.165) is 12.8 Å². The molecule has 0 amide bonds. The van der Waals surface area contributed by atoms with Gasteiger partial charge in [0.25, 0.3) is 0 Å². The van der Waals surface area contributed by atoms with E-state index in [4.69, 9.17) is 13.9 Å². The molecular weight excluding hydrogens is 501 g/mol. The maximum atomic E-state index is 7.25. The van der Waals surface area contributed by atoms with Gasteiger partial charge in [0.2, 0.25) is 0 Å². The van der Waals surface area contributed by atoms with E-state index in [9.17, 15) is 0 Å². The zero-order valence-electron chi connectivity index (χ0n) is 25.5. The van der Waals surface area contributed by atoms with E-state index in [-0.39, 0.29) is 23.4 Å². The van der Waals surface area contributed by atoms with Crippen molar-refractivity contribution in [1.29, 1.82) is 0 Å². The van der Waals surface area contributed by atoms with Crippen LogP contribution in [0.15, 0.2) is 60.7 Å². The van der Waals surface area contributed by atoms with Crippen LogP contribution in [0.5, 0.6) is 0 Å². The van der Waals surface area contributed by atoms with Crippen LogP contribution in [0.3, 0.4) is 0 Å². The lowest BCUT2D eigenvalue weighted by Gasteiger charge is -2.43. The number of hydrogen-bond acceptors (Lipinski definition) is 3. The van der Waals surface area contributed by atoms with Gasteiger partial charge in [-0.3, -0.25) is 0 Å². The van der Waals surface area contributed by atoms with Gasteiger partial charge in [-0.05, 0) is 42.1 Å². The molecule has 3 rings (SSSR count). The molecule has 3 nitrogen and oxygen atoms in total. The summed E-state index contributed by atoms with van der Waals surface area (Å²) in [5.41, 5.74) is 1.71. The van der Waals surface area contributed by atoms with Gasteiger partial charge in [-0.2, -0.15) is 0 Å². The van der Waals surface area contributed by atoms with Crippen LogP contribution in [0.4, 0.5) is 0 Å². The number of benzene rings is 2. The first-order valence-corrected chi connectivity index (χ1v) is 20.9. The molecule has 0 aliphatic carbocycles. The van der Waals surface area contributed by atoms with Gasteiger partial charge in [0.05, 0.1) is 39.6 Å². The molecule has 5 heteroatoms. The summed E-state index contributed by atoms with van der Waals surface area (Å²) in [6, 6.07) is 21.7. The minimum absolute atomic E-state index is 0.116. The molecule has 0 spiro atoms. The first-order chi connectivity index (χ1) is 18.0. The van der Waals surface area contributed by atoms with Crippen LogP contribution in [0.2, 0.25) is 36.8 Å². The van der Waals surface area contributed by atoms with Gasteiger partial charge in [0, 0.05) is 0 Å². The fraction of sp³-hybridized carbons (Fsp3) is 0.636. The number of hydrogen-bond donors (Lipinski definition) is 0. The smallest absolute Gasteiger partial charge is 0.192 e. The van der Waals surface area contributed by atoms with Gasteiger partial charge < -0.3 is 13.9 Å². The molecule has 1 fully saturated rings. The molecule has 0 unspecified atom stereocenters. The second-order valence-electron chi connectivity index (χ2n) is 13.4. The second-order valence-corrected chi connectivity index (χ2v) is 22.9. The summed E-state index contributed by atoms with van der Waals surface area (Å²) in [5, 5.41) is 1.69. The third-order valence-electron chi connectivity index (χ3n) is 9.08. The predicted molar refractivity (Wildman–Crippen MR) is 168 cm³/mol. The van der Waals surface area contributed by atoms with Crippen molar-refractivity contribution >= 4 is 21.6 Å². The van der Waals surface area contributed by atoms with E-state index in [0.29, 0.717) is 18.8 Å². The SMILES string of the molecule is CCCCCC[C@H](O[Si](C)(C)C(C)(C)C)[C@@H]1O[C@H](COCc2ccccc2)C[C@H]1[Si](C)(C)c1ccccc1. The standard InChI is InChI=1S/C33H54O3Si2/c1-9-10-11-18-23-30(36-38(7,8)33(2,3)4)32-31(37(5,6)29-21-16-13-17-22-29)24-28(35-32)26-34-25-27-19-14-12-15-20-27/h12-17,19-22,28,30-32H,9-11,18,23-26H2,1-8H3/t28-,30-,31+,32-/m0/s1. The normalized spacial score (nSPS) is 21.5. The Morgan fingerprint density at radius 3 is 2.13 bits per heavy atom. The van der Waals surface area contributed by atoms with Gasteiger partial charge in [-0.25, -0.2) is 0 Å². The summed E-state index contributed by atoms with van der Waals surface area (Å²) < 4.78 is 20.5. The van der Waals surface area contributed by atoms with E-state index in [1.54, 1.807) is 0 Å². The van der Waals surface area contributed by atoms with E-state index in [1.165, 1.54) is 36.4 Å². The zero-order valence-corrected chi connectivity index (χ0v) is 27.5. The van der Waals surface area contributed by atoms with Crippen molar-refractivity contribution in [3.63, 3.8) is 0 Å². The van der Waals surface area contributed by atoms with Gasteiger partial charge in [0.1, 0.15) is 0 Å². The fourth-order valence-electron chi connectivity index (χ4n) is 5.53. The van der Waals surface area contributed by atoms with Crippen molar-refractivity contribution in [3.8, 4) is 0 Å². The van der Waals surface area contributed by atoms with Crippen molar-refractivity contribution < 1.29 is 13.9 Å². The first kappa shape index (κ1) is 31.3. The Labute approximate surface area is 235 Å². The largest absolute Gasteiger partial charge is 0.411 e. The highest BCUT2D eigenvalue weighted by molar-refractivity contribution is 6.91. The molecule has 2 aromatic carbocycles. The van der Waals surface area contributed by atoms with E-state index in [1.807, 2.05) is 0 Å². The lowest BCUT2D eigenvalue weighted by Crippen LogP contribution is -2.53. The average Bonchev–Trinajstić information content (AvgIpc) is 3.31. The predicted octanol–water partition coefficient (Wildman–Crippen LogP) is 8.71. The van der Waals surface area contributed by atoms with Crippen molar-refractivity contribution in [2.24, 2.45) is 0 Å². The van der Waals surface area contributed by atoms with Crippen LogP contribution >= 0.6 is 0 Å². The van der Waals surface area contributed by atoms with Crippen LogP contribution in [0.1, 0.15) is 71.8 Å². The second kappa shape index (κ2) is 13.9. The van der Waals surface area contributed by atoms with Crippen LogP contribution < -0.4 is 5.19 Å². The van der Waals surface area contributed by atoms with E-state index < -0.39 is 16.4 Å². The summed E-state index contributed by atoms with van der Waals surface area (Å²) in [4.78, 5) is 0. The Morgan fingerprint density at radius 1 is 0.895 bits per heavy atom. The highest BCUT2D eigenvalue weighted by Crippen LogP contribution is 2.45. The summed E-state index contributed by atoms with van der Waals surface area (Å²) in [7, 11) is -3.80. The minimum Gasteiger partial charge on any atom is -0.411 e. The maximum Gasteiger partial charge on any atom is 0.192 e. The van der Waals surface area contributed by atoms with Gasteiger partial charge in [0.15, 0.2) is 8.32 Å². The topological polar surface area (TPSA) is 27.7 Å². The Morgan fingerprint density at radius 2 is 1.53 bits per heavy atom. The molecule has 0 bridgehead atoms. The molecule has 0 aromatic heterocycles. The quantitative estimate of drug-likeness (QED) is 0.173. The van der Waals surface area contributed by atoms with E-state index in [2.05, 4.69) is 115 Å². The zero-order chi connectivity index (χ0) is 27.8. The molecule has 1 aliphatic rings. The third kappa shape index (κ3) is 8.38. The van der Waals surface area contributed by atoms with Crippen LogP contribution in [-0.2, 0) is 20.5 Å². The van der Waals surface area contributed by atoms with Crippen molar-refractivity contribution in [1.82, 2.24) is 0 Å². The van der Waals surface area contributed by atoms with Gasteiger partial charge >= 0.3 is 0 Å². The van der Waals surface area contributed by atoms with Gasteiger partial charge in [-0.1, -0.05) is 132 Å². The molecule has 1 aliphatic heterocycles. The monoisotopic (exact) mass is 554 g/mol. The highest BCUT2D eigenvalue weighted by atomic mass is 28.4. The maximum absolute atomic E-state index is 7.25. The number of rotatable bonds is 14. The van der Waals surface area contributed by atoms with Crippen LogP contribution in [-0.4, -0.2) is 41.3 Å². The first-order valence-electron chi connectivity index (χ1n) is 15.0. The lowest BCUT2D eigenvalue weighted by atomic mass is 10.0. The molecule has 212 valence electrons. The third-order valence-corrected chi connectivity index (χ3v) is 17.8. The molecule has 4 atom stereocenters. The summed E-state index contributed by atoms with van der Waals surface area (Å²) in [6.45, 7) is 20.5. The Bertz CT molecular complexity index is 940. The molecule has 0 radical (unpaired) electrons. The Balaban J connectivity index is 1.85. The molecular formula is C33H54O3Si2. The Hall–Kier alpha value is -1.25. The summed E-state index contributed by atoms with van der Waals surface area (Å²) >= 11 is 0. The van der Waals surface area contributed by atoms with Gasteiger partial charge in [-0.15, -0.1) is 0 Å². The highest BCUT2D eigenvalue weighted by Gasteiger charge is 2.51. The molecule has 2 aromatic rings. The number of unbranched alkanes of at least 4 members (excludes halogenated alkanes) is 3. The lowest BCUT2D eigenvalue weighted by molar-refractivity contribution is -0.0614. The molecule has 1 saturated heterocycles. The number of ether oxygens (including phenoxy) is 2. The van der Waals surface area contributed by atoms with Crippen LogP contribution in [0, 0.1) is 0 Å². The van der Waals surface area contributed by atoms with Crippen molar-refractivity contribution in [2.75, 3.05) is 6.61 Å². The Kier molecular flexibility index (Phi) is 11.4. The van der Waals surface area contributed by atoms with Crippen LogP contribution in [0.25, 0.3) is 0 Å². The average molecular weight is 555 g/mol. The minimum atomic E-state index is -1.96. The molecule has 0 saturated carbocycles. The summed E-state index contributed by atoms with van der Waals surface area (Å²) in [6.07, 6.45) is 7.56. The molecule has 1 heterocycles. The molecule has 0 N–H and O–H groups in total. The summed E-state index contributed by atoms with van der Waals surface area (Å²) in [5.74, 6) is 0. The fourth-order valence-corrected chi connectivity index (χ4v) is 10.3. The molecule has 38 heavy (non-hydrogen) atoms. The van der Waals surface area contributed by atoms with Crippen molar-refractivity contribution in [3.05, 3.63) is 66.2 Å². The van der Waals surface area contributed by atoms with Crippen molar-refractivity contribution in [2.45, 2.75) is 128 Å².